The van der Waals surface area contributed by atoms with Crippen LogP contribution in [0.1, 0.15) is 27.9 Å². The van der Waals surface area contributed by atoms with Crippen molar-refractivity contribution in [2.45, 2.75) is 20.3 Å². The molecule has 0 unspecified atom stereocenters. The third-order valence-corrected chi connectivity index (χ3v) is 4.09. The number of halogens is 1. The van der Waals surface area contributed by atoms with Crippen LogP contribution in [0.2, 0.25) is 0 Å². The molecule has 0 bridgehead atoms. The first-order valence-corrected chi connectivity index (χ1v) is 7.31. The van der Waals surface area contributed by atoms with Crippen LogP contribution in [0.4, 0.5) is 10.8 Å². The van der Waals surface area contributed by atoms with E-state index in [9.17, 15) is 4.79 Å². The zero-order valence-corrected chi connectivity index (χ0v) is 12.9. The van der Waals surface area contributed by atoms with Crippen LogP contribution in [-0.2, 0) is 6.42 Å². The number of aryl methyl sites for hydroxylation is 1. The van der Waals surface area contributed by atoms with E-state index >= 15 is 0 Å². The van der Waals surface area contributed by atoms with Gasteiger partial charge in [-0.1, -0.05) is 34.2 Å². The van der Waals surface area contributed by atoms with Gasteiger partial charge in [0.1, 0.15) is 5.01 Å². The molecule has 1 heterocycles. The normalized spacial score (nSPS) is 10.5. The SMILES string of the molecule is CCc1nnc(NC(=O)c2cc(Br)cc(N)c2C)s1. The van der Waals surface area contributed by atoms with Gasteiger partial charge >= 0.3 is 0 Å². The molecule has 0 aliphatic heterocycles. The highest BCUT2D eigenvalue weighted by atomic mass is 79.9. The van der Waals surface area contributed by atoms with E-state index in [1.54, 1.807) is 12.1 Å². The first-order valence-electron chi connectivity index (χ1n) is 5.70. The largest absolute Gasteiger partial charge is 0.398 e. The number of anilines is 2. The second kappa shape index (κ2) is 5.66. The number of hydrogen-bond acceptors (Lipinski definition) is 5. The van der Waals surface area contributed by atoms with E-state index in [4.69, 9.17) is 5.73 Å². The van der Waals surface area contributed by atoms with Gasteiger partial charge in [0, 0.05) is 15.7 Å². The van der Waals surface area contributed by atoms with Crippen LogP contribution in [0.15, 0.2) is 16.6 Å². The van der Waals surface area contributed by atoms with Crippen LogP contribution in [0.3, 0.4) is 0 Å². The van der Waals surface area contributed by atoms with E-state index in [-0.39, 0.29) is 5.91 Å². The van der Waals surface area contributed by atoms with Crippen molar-refractivity contribution >= 4 is 44.0 Å². The highest BCUT2D eigenvalue weighted by molar-refractivity contribution is 9.10. The van der Waals surface area contributed by atoms with E-state index in [1.807, 2.05) is 13.8 Å². The Balaban J connectivity index is 2.25. The third kappa shape index (κ3) is 3.10. The van der Waals surface area contributed by atoms with E-state index in [0.717, 1.165) is 21.5 Å². The summed E-state index contributed by atoms with van der Waals surface area (Å²) in [4.78, 5) is 12.2. The standard InChI is InChI=1S/C12H13BrN4OS/c1-3-10-16-17-12(19-10)15-11(18)8-4-7(13)5-9(14)6(8)2/h4-5H,3,14H2,1-2H3,(H,15,17,18). The van der Waals surface area contributed by atoms with Crippen LogP contribution in [0, 0.1) is 6.92 Å². The number of nitrogen functional groups attached to an aromatic ring is 1. The lowest BCUT2D eigenvalue weighted by molar-refractivity contribution is 0.102. The van der Waals surface area contributed by atoms with Gasteiger partial charge in [-0.05, 0) is 31.0 Å². The average Bonchev–Trinajstić information content (AvgIpc) is 2.81. The van der Waals surface area contributed by atoms with Crippen molar-refractivity contribution in [1.29, 1.82) is 0 Å². The predicted molar refractivity (Wildman–Crippen MR) is 80.5 cm³/mol. The molecule has 3 N–H and O–H groups in total. The Labute approximate surface area is 123 Å². The lowest BCUT2D eigenvalue weighted by atomic mass is 10.1. The molecule has 19 heavy (non-hydrogen) atoms. The van der Waals surface area contributed by atoms with E-state index < -0.39 is 0 Å². The number of nitrogens with one attached hydrogen (secondary N) is 1. The highest BCUT2D eigenvalue weighted by Crippen LogP contribution is 2.24. The number of nitrogens with two attached hydrogens (primary N) is 1. The van der Waals surface area contributed by atoms with Crippen molar-refractivity contribution in [2.24, 2.45) is 0 Å². The molecule has 0 aliphatic carbocycles. The lowest BCUT2D eigenvalue weighted by Crippen LogP contribution is -2.14. The van der Waals surface area contributed by atoms with Crippen LogP contribution in [0.5, 0.6) is 0 Å². The molecule has 1 amide bonds. The maximum atomic E-state index is 12.2. The molecule has 7 heteroatoms. The number of carbonyl (C=O) groups excluding carboxylic acids is 1. The molecule has 1 aromatic heterocycles. The molecular weight excluding hydrogens is 328 g/mol. The van der Waals surface area contributed by atoms with Crippen molar-refractivity contribution in [2.75, 3.05) is 11.1 Å². The maximum absolute atomic E-state index is 12.2. The number of aromatic nitrogens is 2. The topological polar surface area (TPSA) is 80.9 Å². The highest BCUT2D eigenvalue weighted by Gasteiger charge is 2.14. The molecule has 2 rings (SSSR count). The number of rotatable bonds is 3. The van der Waals surface area contributed by atoms with Crippen molar-refractivity contribution in [3.05, 3.63) is 32.7 Å². The summed E-state index contributed by atoms with van der Waals surface area (Å²) in [5, 5.41) is 12.0. The Bertz CT molecular complexity index is 626. The minimum Gasteiger partial charge on any atom is -0.398 e. The van der Waals surface area contributed by atoms with Crippen LogP contribution in [0.25, 0.3) is 0 Å². The van der Waals surface area contributed by atoms with Gasteiger partial charge < -0.3 is 5.73 Å². The molecule has 0 fully saturated rings. The molecule has 0 atom stereocenters. The summed E-state index contributed by atoms with van der Waals surface area (Å²) in [7, 11) is 0. The zero-order valence-electron chi connectivity index (χ0n) is 10.5. The first kappa shape index (κ1) is 14.0. The van der Waals surface area contributed by atoms with Gasteiger partial charge in [0.05, 0.1) is 0 Å². The van der Waals surface area contributed by atoms with Gasteiger partial charge in [0.15, 0.2) is 0 Å². The molecule has 0 saturated heterocycles. The third-order valence-electron chi connectivity index (χ3n) is 2.65. The molecule has 1 aromatic carbocycles. The number of benzene rings is 1. The molecule has 0 spiro atoms. The molecule has 5 nitrogen and oxygen atoms in total. The van der Waals surface area contributed by atoms with Gasteiger partial charge in [-0.3, -0.25) is 10.1 Å². The number of nitrogens with zero attached hydrogens (tertiary/aromatic N) is 2. The predicted octanol–water partition coefficient (Wildman–Crippen LogP) is 3.01. The first-order chi connectivity index (χ1) is 9.01. The summed E-state index contributed by atoms with van der Waals surface area (Å²) in [6.45, 7) is 3.81. The fraction of sp³-hybridized carbons (Fsp3) is 0.250. The molecule has 0 aliphatic rings. The monoisotopic (exact) mass is 340 g/mol. The maximum Gasteiger partial charge on any atom is 0.257 e. The van der Waals surface area contributed by atoms with Crippen LogP contribution < -0.4 is 11.1 Å². The number of hydrogen-bond donors (Lipinski definition) is 2. The Hall–Kier alpha value is -1.47. The number of amides is 1. The smallest absolute Gasteiger partial charge is 0.257 e. The Morgan fingerprint density at radius 1 is 1.47 bits per heavy atom. The number of carbonyl (C=O) groups is 1. The summed E-state index contributed by atoms with van der Waals surface area (Å²) >= 11 is 4.70. The molecular formula is C12H13BrN4OS. The van der Waals surface area contributed by atoms with Crippen molar-refractivity contribution in [3.8, 4) is 0 Å². The molecule has 0 radical (unpaired) electrons. The Morgan fingerprint density at radius 3 is 2.84 bits per heavy atom. The van der Waals surface area contributed by atoms with E-state index in [1.165, 1.54) is 11.3 Å². The molecule has 0 saturated carbocycles. The van der Waals surface area contributed by atoms with Crippen molar-refractivity contribution in [3.63, 3.8) is 0 Å². The minimum atomic E-state index is -0.232. The van der Waals surface area contributed by atoms with Gasteiger partial charge in [-0.15, -0.1) is 10.2 Å². The second-order valence-corrected chi connectivity index (χ2v) is 5.95. The Morgan fingerprint density at radius 2 is 2.21 bits per heavy atom. The summed E-state index contributed by atoms with van der Waals surface area (Å²) in [5.41, 5.74) is 7.70. The van der Waals surface area contributed by atoms with Crippen LogP contribution in [-0.4, -0.2) is 16.1 Å². The van der Waals surface area contributed by atoms with Crippen molar-refractivity contribution in [1.82, 2.24) is 10.2 Å². The minimum absolute atomic E-state index is 0.232. The fourth-order valence-electron chi connectivity index (χ4n) is 1.55. The summed E-state index contributed by atoms with van der Waals surface area (Å²) < 4.78 is 0.771. The fourth-order valence-corrected chi connectivity index (χ4v) is 2.70. The summed E-state index contributed by atoms with van der Waals surface area (Å²) in [6.07, 6.45) is 0.802. The van der Waals surface area contributed by atoms with Crippen LogP contribution >= 0.6 is 27.3 Å². The van der Waals surface area contributed by atoms with Gasteiger partial charge in [0.25, 0.3) is 5.91 Å². The lowest BCUT2D eigenvalue weighted by Gasteiger charge is -2.08. The van der Waals surface area contributed by atoms with Crippen molar-refractivity contribution < 1.29 is 4.79 Å². The Kier molecular flexibility index (Phi) is 4.16. The molecule has 2 aromatic rings. The van der Waals surface area contributed by atoms with Gasteiger partial charge in [0.2, 0.25) is 5.13 Å². The average molecular weight is 341 g/mol. The quantitative estimate of drug-likeness (QED) is 0.841. The summed E-state index contributed by atoms with van der Waals surface area (Å²) in [6, 6.07) is 3.51. The summed E-state index contributed by atoms with van der Waals surface area (Å²) in [5.74, 6) is -0.232. The van der Waals surface area contributed by atoms with Gasteiger partial charge in [-0.2, -0.15) is 0 Å². The van der Waals surface area contributed by atoms with Gasteiger partial charge in [-0.25, -0.2) is 0 Å². The van der Waals surface area contributed by atoms with E-state index in [0.29, 0.717) is 16.4 Å². The molecule has 100 valence electrons. The second-order valence-electron chi connectivity index (χ2n) is 3.98. The zero-order chi connectivity index (χ0) is 14.0. The van der Waals surface area contributed by atoms with E-state index in [2.05, 4.69) is 31.4 Å².